The van der Waals surface area contributed by atoms with Crippen molar-refractivity contribution in [2.75, 3.05) is 13.1 Å². The van der Waals surface area contributed by atoms with E-state index in [0.29, 0.717) is 6.54 Å². The van der Waals surface area contributed by atoms with Crippen molar-refractivity contribution in [3.63, 3.8) is 0 Å². The van der Waals surface area contributed by atoms with E-state index in [1.807, 2.05) is 29.1 Å². The van der Waals surface area contributed by atoms with Crippen LogP contribution in [0.5, 0.6) is 0 Å². The van der Waals surface area contributed by atoms with E-state index in [-0.39, 0.29) is 0 Å². The number of benzene rings is 1. The van der Waals surface area contributed by atoms with E-state index in [9.17, 15) is 0 Å². The highest BCUT2D eigenvalue weighted by atomic mass is 32.1. The predicted molar refractivity (Wildman–Crippen MR) is 105 cm³/mol. The number of aromatic nitrogens is 4. The first-order chi connectivity index (χ1) is 12.8. The minimum atomic E-state index is 0.712. The van der Waals surface area contributed by atoms with Crippen LogP contribution in [0.15, 0.2) is 54.9 Å². The van der Waals surface area contributed by atoms with Crippen molar-refractivity contribution in [2.24, 2.45) is 0 Å². The molecule has 1 fully saturated rings. The molecule has 1 aliphatic rings. The molecule has 3 heterocycles. The summed E-state index contributed by atoms with van der Waals surface area (Å²) in [6.45, 7) is 3.71. The third-order valence-corrected chi connectivity index (χ3v) is 5.24. The summed E-state index contributed by atoms with van der Waals surface area (Å²) in [4.78, 5) is 6.69. The molecule has 0 bridgehead atoms. The van der Waals surface area contributed by atoms with Crippen molar-refractivity contribution in [3.8, 4) is 11.4 Å². The Morgan fingerprint density at radius 3 is 2.50 bits per heavy atom. The molecule has 0 aliphatic carbocycles. The van der Waals surface area contributed by atoms with Crippen molar-refractivity contribution in [1.82, 2.24) is 24.2 Å². The quantitative estimate of drug-likeness (QED) is 0.642. The molecule has 0 amide bonds. The molecule has 2 aromatic heterocycles. The standard InChI is InChI=1S/C20H23N5S/c26-20-24(15-17-8-3-1-4-9-17)19(18-10-7-11-21-14-18)22-25(20)16-23-12-5-2-6-13-23/h1,3-4,7-11,14H,2,5-6,12-13,15-16H2. The Bertz CT molecular complexity index is 895. The molecule has 1 aliphatic heterocycles. The minimum absolute atomic E-state index is 0.712. The largest absolute Gasteiger partial charge is 0.295 e. The number of rotatable bonds is 5. The Morgan fingerprint density at radius 2 is 1.77 bits per heavy atom. The second-order valence-corrected chi connectivity index (χ2v) is 7.10. The number of nitrogens with zero attached hydrogens (tertiary/aromatic N) is 5. The van der Waals surface area contributed by atoms with E-state index < -0.39 is 0 Å². The zero-order chi connectivity index (χ0) is 17.8. The number of pyridine rings is 1. The zero-order valence-corrected chi connectivity index (χ0v) is 15.6. The smallest absolute Gasteiger partial charge is 0.199 e. The number of likely N-dealkylation sites (tertiary alicyclic amines) is 1. The maximum atomic E-state index is 5.80. The van der Waals surface area contributed by atoms with Gasteiger partial charge in [-0.3, -0.25) is 14.5 Å². The van der Waals surface area contributed by atoms with Crippen LogP contribution >= 0.6 is 12.2 Å². The van der Waals surface area contributed by atoms with Crippen LogP contribution in [0.2, 0.25) is 0 Å². The van der Waals surface area contributed by atoms with Gasteiger partial charge in [-0.1, -0.05) is 36.8 Å². The van der Waals surface area contributed by atoms with Crippen LogP contribution in [0.3, 0.4) is 0 Å². The van der Waals surface area contributed by atoms with Crippen molar-refractivity contribution < 1.29 is 0 Å². The molecule has 0 radical (unpaired) electrons. The van der Waals surface area contributed by atoms with Gasteiger partial charge in [0, 0.05) is 18.0 Å². The van der Waals surface area contributed by atoms with Gasteiger partial charge in [-0.25, -0.2) is 4.68 Å². The SMILES string of the molecule is S=c1n(CN2CCCCC2)nc(-c2cccnc2)n1Cc1ccccc1. The van der Waals surface area contributed by atoms with Crippen LogP contribution in [-0.4, -0.2) is 37.3 Å². The third kappa shape index (κ3) is 3.76. The fraction of sp³-hybridized carbons (Fsp3) is 0.350. The maximum absolute atomic E-state index is 5.80. The summed E-state index contributed by atoms with van der Waals surface area (Å²) in [6.07, 6.45) is 7.47. The van der Waals surface area contributed by atoms with Crippen LogP contribution in [0.1, 0.15) is 24.8 Å². The van der Waals surface area contributed by atoms with Crippen LogP contribution in [-0.2, 0) is 13.2 Å². The fourth-order valence-electron chi connectivity index (χ4n) is 3.44. The molecule has 1 saturated heterocycles. The van der Waals surface area contributed by atoms with E-state index >= 15 is 0 Å². The highest BCUT2D eigenvalue weighted by molar-refractivity contribution is 7.71. The monoisotopic (exact) mass is 365 g/mol. The number of hydrogen-bond acceptors (Lipinski definition) is 4. The third-order valence-electron chi connectivity index (χ3n) is 4.81. The molecule has 26 heavy (non-hydrogen) atoms. The summed E-state index contributed by atoms with van der Waals surface area (Å²) >= 11 is 5.80. The van der Waals surface area contributed by atoms with Crippen LogP contribution in [0.25, 0.3) is 11.4 Å². The van der Waals surface area contributed by atoms with E-state index in [1.165, 1.54) is 24.8 Å². The molecule has 6 heteroatoms. The fourth-order valence-corrected chi connectivity index (χ4v) is 3.69. The minimum Gasteiger partial charge on any atom is -0.295 e. The van der Waals surface area contributed by atoms with Crippen LogP contribution < -0.4 is 0 Å². The summed E-state index contributed by atoms with van der Waals surface area (Å²) in [5, 5.41) is 4.86. The lowest BCUT2D eigenvalue weighted by Crippen LogP contribution is -2.32. The van der Waals surface area contributed by atoms with Gasteiger partial charge < -0.3 is 0 Å². The Balaban J connectivity index is 1.71. The number of hydrogen-bond donors (Lipinski definition) is 0. The normalized spacial score (nSPS) is 15.2. The Labute approximate surface area is 158 Å². The average Bonchev–Trinajstić information content (AvgIpc) is 3.00. The molecule has 4 rings (SSSR count). The van der Waals surface area contributed by atoms with Gasteiger partial charge in [0.15, 0.2) is 10.6 Å². The van der Waals surface area contributed by atoms with Gasteiger partial charge in [-0.15, -0.1) is 0 Å². The topological polar surface area (TPSA) is 38.9 Å². The van der Waals surface area contributed by atoms with Crippen molar-refractivity contribution in [3.05, 3.63) is 65.2 Å². The summed E-state index contributed by atoms with van der Waals surface area (Å²) < 4.78 is 4.84. The van der Waals surface area contributed by atoms with Gasteiger partial charge in [0.2, 0.25) is 0 Å². The molecule has 0 unspecified atom stereocenters. The van der Waals surface area contributed by atoms with Gasteiger partial charge >= 0.3 is 0 Å². The highest BCUT2D eigenvalue weighted by Gasteiger charge is 2.16. The lowest BCUT2D eigenvalue weighted by atomic mass is 10.1. The first-order valence-electron chi connectivity index (χ1n) is 9.15. The second kappa shape index (κ2) is 7.93. The summed E-state index contributed by atoms with van der Waals surface area (Å²) in [5.41, 5.74) is 2.21. The molecule has 3 aromatic rings. The highest BCUT2D eigenvalue weighted by Crippen LogP contribution is 2.20. The van der Waals surface area contributed by atoms with Crippen molar-refractivity contribution in [2.45, 2.75) is 32.5 Å². The summed E-state index contributed by atoms with van der Waals surface area (Å²) in [6, 6.07) is 14.4. The Morgan fingerprint density at radius 1 is 0.962 bits per heavy atom. The second-order valence-electron chi connectivity index (χ2n) is 6.74. The molecule has 0 atom stereocenters. The molecule has 5 nitrogen and oxygen atoms in total. The molecule has 0 spiro atoms. The van der Waals surface area contributed by atoms with E-state index in [4.69, 9.17) is 17.3 Å². The molecule has 134 valence electrons. The lowest BCUT2D eigenvalue weighted by molar-refractivity contribution is 0.172. The first kappa shape index (κ1) is 17.1. The van der Waals surface area contributed by atoms with Gasteiger partial charge in [0.05, 0.1) is 13.2 Å². The van der Waals surface area contributed by atoms with Crippen LogP contribution in [0, 0.1) is 4.77 Å². The first-order valence-corrected chi connectivity index (χ1v) is 9.56. The van der Waals surface area contributed by atoms with Gasteiger partial charge in [-0.2, -0.15) is 5.10 Å². The zero-order valence-electron chi connectivity index (χ0n) is 14.8. The Hall–Kier alpha value is -2.31. The molecule has 0 saturated carbocycles. The van der Waals surface area contributed by atoms with E-state index in [1.54, 1.807) is 6.20 Å². The van der Waals surface area contributed by atoms with Crippen molar-refractivity contribution >= 4 is 12.2 Å². The number of piperidine rings is 1. The maximum Gasteiger partial charge on any atom is 0.199 e. The average molecular weight is 366 g/mol. The molecule has 1 aromatic carbocycles. The Kier molecular flexibility index (Phi) is 5.22. The van der Waals surface area contributed by atoms with Gasteiger partial charge in [0.25, 0.3) is 0 Å². The van der Waals surface area contributed by atoms with E-state index in [2.05, 4.69) is 38.7 Å². The van der Waals surface area contributed by atoms with Gasteiger partial charge in [0.1, 0.15) is 0 Å². The van der Waals surface area contributed by atoms with Gasteiger partial charge in [-0.05, 0) is 55.8 Å². The summed E-state index contributed by atoms with van der Waals surface area (Å²) in [5.74, 6) is 0.879. The predicted octanol–water partition coefficient (Wildman–Crippen LogP) is 3.97. The molecule has 0 N–H and O–H groups in total. The summed E-state index contributed by atoms with van der Waals surface area (Å²) in [7, 11) is 0. The van der Waals surface area contributed by atoms with Crippen molar-refractivity contribution in [1.29, 1.82) is 0 Å². The van der Waals surface area contributed by atoms with Crippen LogP contribution in [0.4, 0.5) is 0 Å². The van der Waals surface area contributed by atoms with E-state index in [0.717, 1.165) is 35.9 Å². The molecular formula is C20H23N5S. The lowest BCUT2D eigenvalue weighted by Gasteiger charge is -2.25. The molecular weight excluding hydrogens is 342 g/mol.